The topological polar surface area (TPSA) is 95.1 Å². The summed E-state index contributed by atoms with van der Waals surface area (Å²) in [7, 11) is 0. The Morgan fingerprint density at radius 1 is 1.38 bits per heavy atom. The third-order valence-corrected chi connectivity index (χ3v) is 5.16. The van der Waals surface area contributed by atoms with Gasteiger partial charge in [-0.25, -0.2) is 0 Å². The molecule has 2 fully saturated rings. The number of H-pyrrole nitrogens is 1. The van der Waals surface area contributed by atoms with E-state index in [2.05, 4.69) is 31.4 Å². The molecule has 0 saturated heterocycles. The van der Waals surface area contributed by atoms with E-state index in [1.165, 1.54) is 0 Å². The van der Waals surface area contributed by atoms with E-state index in [0.29, 0.717) is 28.9 Å². The number of amides is 1. The molecule has 2 saturated carbocycles. The number of hydrogen-bond donors (Lipinski definition) is 3. The van der Waals surface area contributed by atoms with Crippen LogP contribution in [0.4, 0.5) is 0 Å². The number of nitrogens with one attached hydrogen (secondary N) is 2. The highest BCUT2D eigenvalue weighted by Gasteiger charge is 2.39. The van der Waals surface area contributed by atoms with Gasteiger partial charge in [0.2, 0.25) is 0 Å². The van der Waals surface area contributed by atoms with Crippen molar-refractivity contribution >= 4 is 27.8 Å². The first-order chi connectivity index (χ1) is 10.0. The molecule has 0 aliphatic heterocycles. The zero-order chi connectivity index (χ0) is 15.0. The Morgan fingerprint density at radius 3 is 2.62 bits per heavy atom. The number of carbonyl (C=O) groups excluding carboxylic acids is 1. The fourth-order valence-corrected chi connectivity index (χ4v) is 3.80. The molecule has 2 aliphatic carbocycles. The number of nitrogens with zero attached hydrogens (tertiary/aromatic N) is 1. The average Bonchev–Trinajstić information content (AvgIpc) is 3.03. The highest BCUT2D eigenvalue weighted by molar-refractivity contribution is 9.10. The number of carboxylic acid groups (broad SMARTS) is 1. The zero-order valence-corrected chi connectivity index (χ0v) is 13.2. The first-order valence-electron chi connectivity index (χ1n) is 7.29. The van der Waals surface area contributed by atoms with Crippen LogP contribution >= 0.6 is 15.9 Å². The van der Waals surface area contributed by atoms with E-state index in [9.17, 15) is 9.59 Å². The molecule has 3 N–H and O–H groups in total. The Balaban J connectivity index is 1.76. The van der Waals surface area contributed by atoms with E-state index in [0.717, 1.165) is 31.4 Å². The summed E-state index contributed by atoms with van der Waals surface area (Å²) in [5, 5.41) is 19.0. The molecule has 3 rings (SSSR count). The molecule has 7 heteroatoms. The van der Waals surface area contributed by atoms with E-state index in [1.54, 1.807) is 0 Å². The van der Waals surface area contributed by atoms with Crippen LogP contribution in [0.3, 0.4) is 0 Å². The minimum Gasteiger partial charge on any atom is -0.481 e. The van der Waals surface area contributed by atoms with E-state index in [1.807, 2.05) is 0 Å². The minimum atomic E-state index is -0.878. The fourth-order valence-electron chi connectivity index (χ4n) is 3.12. The Labute approximate surface area is 130 Å². The van der Waals surface area contributed by atoms with Crippen LogP contribution in [0.15, 0.2) is 4.47 Å². The molecule has 0 spiro atoms. The molecule has 0 radical (unpaired) electrons. The van der Waals surface area contributed by atoms with Crippen LogP contribution < -0.4 is 5.32 Å². The van der Waals surface area contributed by atoms with Gasteiger partial charge >= 0.3 is 5.97 Å². The number of carboxylic acids is 1. The summed E-state index contributed by atoms with van der Waals surface area (Å²) < 4.78 is 0.714. The number of carbonyl (C=O) groups is 2. The summed E-state index contributed by atoms with van der Waals surface area (Å²) in [6.07, 6.45) is 5.52. The Kier molecular flexibility index (Phi) is 3.77. The SMILES string of the molecule is O=C(O)CC1(NC(=O)c2n[nH]c(C3CC3)c2Br)CCCC1. The molecular weight excluding hydrogens is 338 g/mol. The molecule has 0 aromatic carbocycles. The molecule has 6 nitrogen and oxygen atoms in total. The maximum Gasteiger partial charge on any atom is 0.305 e. The van der Waals surface area contributed by atoms with Crippen LogP contribution in [0, 0.1) is 0 Å². The molecule has 0 atom stereocenters. The van der Waals surface area contributed by atoms with Crippen LogP contribution in [0.5, 0.6) is 0 Å². The van der Waals surface area contributed by atoms with Crippen LogP contribution in [0.25, 0.3) is 0 Å². The van der Waals surface area contributed by atoms with Crippen molar-refractivity contribution in [3.05, 3.63) is 15.9 Å². The summed E-state index contributed by atoms with van der Waals surface area (Å²) in [5.41, 5.74) is 0.675. The number of halogens is 1. The smallest absolute Gasteiger partial charge is 0.305 e. The maximum atomic E-state index is 12.4. The van der Waals surface area contributed by atoms with E-state index in [-0.39, 0.29) is 12.3 Å². The molecular formula is C14H18BrN3O3. The van der Waals surface area contributed by atoms with Gasteiger partial charge in [-0.1, -0.05) is 12.8 Å². The second kappa shape index (κ2) is 5.44. The highest BCUT2D eigenvalue weighted by atomic mass is 79.9. The quantitative estimate of drug-likeness (QED) is 0.756. The molecule has 114 valence electrons. The predicted octanol–water partition coefficient (Wildman–Crippen LogP) is 2.57. The summed E-state index contributed by atoms with van der Waals surface area (Å²) in [5.74, 6) is -0.710. The summed E-state index contributed by atoms with van der Waals surface area (Å²) in [4.78, 5) is 23.5. The van der Waals surface area contributed by atoms with E-state index < -0.39 is 11.5 Å². The molecule has 0 unspecified atom stereocenters. The van der Waals surface area contributed by atoms with Crippen LogP contribution in [-0.4, -0.2) is 32.7 Å². The number of rotatable bonds is 5. The number of aromatic nitrogens is 2. The van der Waals surface area contributed by atoms with Crippen molar-refractivity contribution in [1.29, 1.82) is 0 Å². The van der Waals surface area contributed by atoms with Gasteiger partial charge in [-0.05, 0) is 41.6 Å². The lowest BCUT2D eigenvalue weighted by Gasteiger charge is -2.28. The lowest BCUT2D eigenvalue weighted by Crippen LogP contribution is -2.48. The Morgan fingerprint density at radius 2 is 2.05 bits per heavy atom. The van der Waals surface area contributed by atoms with Crippen molar-refractivity contribution in [3.63, 3.8) is 0 Å². The van der Waals surface area contributed by atoms with Gasteiger partial charge in [-0.2, -0.15) is 5.10 Å². The van der Waals surface area contributed by atoms with Gasteiger partial charge in [-0.15, -0.1) is 0 Å². The fraction of sp³-hybridized carbons (Fsp3) is 0.643. The summed E-state index contributed by atoms with van der Waals surface area (Å²) in [6, 6.07) is 0. The van der Waals surface area contributed by atoms with Crippen molar-refractivity contribution in [2.24, 2.45) is 0 Å². The molecule has 1 amide bonds. The monoisotopic (exact) mass is 355 g/mol. The summed E-state index contributed by atoms with van der Waals surface area (Å²) >= 11 is 3.44. The van der Waals surface area contributed by atoms with Crippen LogP contribution in [0.2, 0.25) is 0 Å². The third kappa shape index (κ3) is 2.97. The van der Waals surface area contributed by atoms with Crippen molar-refractivity contribution in [3.8, 4) is 0 Å². The molecule has 2 aliphatic rings. The standard InChI is InChI=1S/C14H18BrN3O3/c15-10-11(8-3-4-8)17-18-12(10)13(21)16-14(7-9(19)20)5-1-2-6-14/h8H,1-7H2,(H,16,21)(H,17,18)(H,19,20). The number of hydrogen-bond acceptors (Lipinski definition) is 3. The third-order valence-electron chi connectivity index (χ3n) is 4.36. The van der Waals surface area contributed by atoms with Gasteiger partial charge in [0.05, 0.1) is 22.1 Å². The van der Waals surface area contributed by atoms with Crippen molar-refractivity contribution in [2.75, 3.05) is 0 Å². The van der Waals surface area contributed by atoms with E-state index >= 15 is 0 Å². The first kappa shape index (κ1) is 14.6. The van der Waals surface area contributed by atoms with Crippen LogP contribution in [-0.2, 0) is 4.79 Å². The second-order valence-corrected chi connectivity index (χ2v) is 6.88. The van der Waals surface area contributed by atoms with E-state index in [4.69, 9.17) is 5.11 Å². The maximum absolute atomic E-state index is 12.4. The molecule has 1 aromatic rings. The largest absolute Gasteiger partial charge is 0.481 e. The van der Waals surface area contributed by atoms with Gasteiger partial charge in [-0.3, -0.25) is 14.7 Å². The predicted molar refractivity (Wildman–Crippen MR) is 79.2 cm³/mol. The Hall–Kier alpha value is -1.37. The molecule has 0 bridgehead atoms. The lowest BCUT2D eigenvalue weighted by atomic mass is 9.93. The second-order valence-electron chi connectivity index (χ2n) is 6.09. The Bertz CT molecular complexity index is 574. The van der Waals surface area contributed by atoms with Crippen molar-refractivity contribution < 1.29 is 14.7 Å². The summed E-state index contributed by atoms with van der Waals surface area (Å²) in [6.45, 7) is 0. The number of aliphatic carboxylic acids is 1. The zero-order valence-electron chi connectivity index (χ0n) is 11.6. The van der Waals surface area contributed by atoms with Gasteiger partial charge in [0, 0.05) is 5.92 Å². The van der Waals surface area contributed by atoms with Crippen LogP contribution in [0.1, 0.15) is 67.0 Å². The van der Waals surface area contributed by atoms with Gasteiger partial charge in [0.1, 0.15) is 0 Å². The average molecular weight is 356 g/mol. The normalized spacial score (nSPS) is 20.4. The van der Waals surface area contributed by atoms with Gasteiger partial charge in [0.25, 0.3) is 5.91 Å². The highest BCUT2D eigenvalue weighted by Crippen LogP contribution is 2.43. The van der Waals surface area contributed by atoms with Crippen molar-refractivity contribution in [1.82, 2.24) is 15.5 Å². The minimum absolute atomic E-state index is 0.0315. The molecule has 1 heterocycles. The molecule has 21 heavy (non-hydrogen) atoms. The first-order valence-corrected chi connectivity index (χ1v) is 8.08. The van der Waals surface area contributed by atoms with Gasteiger partial charge < -0.3 is 10.4 Å². The number of aromatic amines is 1. The molecule has 1 aromatic heterocycles. The van der Waals surface area contributed by atoms with Crippen molar-refractivity contribution in [2.45, 2.75) is 56.4 Å². The lowest BCUT2D eigenvalue weighted by molar-refractivity contribution is -0.138. The van der Waals surface area contributed by atoms with Gasteiger partial charge in [0.15, 0.2) is 5.69 Å².